The average molecular weight is 821 g/mol. The van der Waals surface area contributed by atoms with E-state index in [1.165, 1.54) is 11.6 Å². The van der Waals surface area contributed by atoms with Crippen LogP contribution in [0.5, 0.6) is 0 Å². The number of aryl methyl sites for hydroxylation is 1. The van der Waals surface area contributed by atoms with Crippen molar-refractivity contribution in [3.8, 4) is 35.1 Å². The van der Waals surface area contributed by atoms with E-state index in [1.54, 1.807) is 62.4 Å². The zero-order valence-corrected chi connectivity index (χ0v) is 31.8. The molecule has 8 aromatic rings. The van der Waals surface area contributed by atoms with Crippen molar-refractivity contribution in [2.45, 2.75) is 19.9 Å². The lowest BCUT2D eigenvalue weighted by Gasteiger charge is -2.14. The Balaban J connectivity index is 0.000000177. The number of rotatable bonds is 3. The van der Waals surface area contributed by atoms with E-state index in [-0.39, 0.29) is 33.5 Å². The minimum atomic E-state index is -1.08. The molecule has 0 radical (unpaired) electrons. The van der Waals surface area contributed by atoms with Gasteiger partial charge in [-0.05, 0) is 62.4 Å². The lowest BCUT2D eigenvalue weighted by molar-refractivity contribution is 0.534. The minimum absolute atomic E-state index is 0.0578. The molecule has 0 saturated carbocycles. The molecule has 8 rings (SSSR count). The second-order valence-electron chi connectivity index (χ2n) is 12.6. The van der Waals surface area contributed by atoms with Gasteiger partial charge in [0.15, 0.2) is 45.6 Å². The van der Waals surface area contributed by atoms with Crippen LogP contribution in [0.15, 0.2) is 104 Å². The fraction of sp³-hybridized carbons (Fsp3) is 0.100. The number of hydrogen-bond donors (Lipinski definition) is 0. The van der Waals surface area contributed by atoms with Gasteiger partial charge in [-0.3, -0.25) is 18.7 Å². The molecule has 0 aliphatic carbocycles. The summed E-state index contributed by atoms with van der Waals surface area (Å²) in [5.41, 5.74) is -3.83. The van der Waals surface area contributed by atoms with Crippen molar-refractivity contribution in [1.82, 2.24) is 35.8 Å². The summed E-state index contributed by atoms with van der Waals surface area (Å²) in [5.74, 6) is 6.62. The van der Waals surface area contributed by atoms with Crippen molar-refractivity contribution < 1.29 is 17.6 Å². The van der Waals surface area contributed by atoms with Crippen LogP contribution in [0.2, 0.25) is 0 Å². The summed E-state index contributed by atoms with van der Waals surface area (Å²) in [6.45, 7) is 3.40. The Morgan fingerprint density at radius 3 is 1.34 bits per heavy atom. The maximum atomic E-state index is 14.9. The van der Waals surface area contributed by atoms with E-state index in [0.717, 1.165) is 52.3 Å². The van der Waals surface area contributed by atoms with E-state index < -0.39 is 63.2 Å². The van der Waals surface area contributed by atoms with Gasteiger partial charge in [0.05, 0.1) is 23.5 Å². The molecule has 12 nitrogen and oxygen atoms in total. The Bertz CT molecular complexity index is 3230. The third kappa shape index (κ3) is 7.37. The van der Waals surface area contributed by atoms with Gasteiger partial charge in [-0.15, -0.1) is 0 Å². The van der Waals surface area contributed by atoms with Gasteiger partial charge in [-0.1, -0.05) is 60.1 Å². The molecule has 0 aliphatic rings. The molecule has 288 valence electrons. The summed E-state index contributed by atoms with van der Waals surface area (Å²) in [6, 6.07) is 21.4. The van der Waals surface area contributed by atoms with Crippen LogP contribution < -0.4 is 22.5 Å². The van der Waals surface area contributed by atoms with Crippen LogP contribution in [0.3, 0.4) is 0 Å². The van der Waals surface area contributed by atoms with Crippen LogP contribution in [0, 0.1) is 47.0 Å². The Morgan fingerprint density at radius 1 is 0.534 bits per heavy atom. The molecule has 0 atom stereocenters. The highest BCUT2D eigenvalue weighted by molar-refractivity contribution is 7.00. The summed E-state index contributed by atoms with van der Waals surface area (Å²) < 4.78 is 77.8. The SMILES string of the molecule is CC(C)n1c(=O)n(-c2c(F)cc(C#Cc3ccccc3)cc2F)c(=O)c2nsnc21.Cn1c(=O)n(-c2c(F)cc(C#Cc3ccccc3)cc2F)c(=O)c2nsnc21. The van der Waals surface area contributed by atoms with Crippen LogP contribution in [0.25, 0.3) is 33.7 Å². The third-order valence-electron chi connectivity index (χ3n) is 8.42. The van der Waals surface area contributed by atoms with Gasteiger partial charge in [0, 0.05) is 35.3 Å². The zero-order chi connectivity index (χ0) is 41.2. The first-order valence-corrected chi connectivity index (χ1v) is 18.4. The third-order valence-corrected chi connectivity index (χ3v) is 9.46. The highest BCUT2D eigenvalue weighted by atomic mass is 32.1. The Kier molecular flexibility index (Phi) is 10.8. The number of benzene rings is 4. The molecule has 0 unspecified atom stereocenters. The van der Waals surface area contributed by atoms with Crippen molar-refractivity contribution in [3.05, 3.63) is 172 Å². The van der Waals surface area contributed by atoms with Crippen molar-refractivity contribution in [3.63, 3.8) is 0 Å². The molecule has 0 bridgehead atoms. The first kappa shape index (κ1) is 39.0. The number of aromatic nitrogens is 8. The fourth-order valence-corrected chi connectivity index (χ4v) is 6.84. The van der Waals surface area contributed by atoms with Gasteiger partial charge in [-0.25, -0.2) is 36.3 Å². The van der Waals surface area contributed by atoms with E-state index in [9.17, 15) is 36.7 Å². The topological polar surface area (TPSA) is 140 Å². The molecule has 0 amide bonds. The van der Waals surface area contributed by atoms with Crippen molar-refractivity contribution in [1.29, 1.82) is 0 Å². The van der Waals surface area contributed by atoms with Gasteiger partial charge < -0.3 is 0 Å². The zero-order valence-electron chi connectivity index (χ0n) is 30.2. The van der Waals surface area contributed by atoms with Crippen LogP contribution in [0.4, 0.5) is 17.6 Å². The van der Waals surface area contributed by atoms with Gasteiger partial charge >= 0.3 is 11.4 Å². The predicted molar refractivity (Wildman–Crippen MR) is 211 cm³/mol. The standard InChI is InChI=1S/C21H14F2N4O2S.C19H10F2N4O2S/c1-12(2)26-19-17(24-30-25-19)20(28)27(21(26)29)18-15(22)10-14(11-16(18)23)9-8-13-6-4-3-5-7-13;1-24-17-15(22-28-23-17)18(26)25(19(24)27)16-13(20)9-12(10-14(16)21)8-7-11-5-3-2-4-6-11/h3-7,10-12H,1-2H3;2-6,9-10H,1H3. The first-order valence-electron chi connectivity index (χ1n) is 16.9. The van der Waals surface area contributed by atoms with Crippen LogP contribution in [0.1, 0.15) is 42.1 Å². The number of fused-ring (bicyclic) bond motifs is 2. The number of halogens is 4. The second-order valence-corrected chi connectivity index (χ2v) is 13.6. The van der Waals surface area contributed by atoms with Crippen molar-refractivity contribution in [2.24, 2.45) is 7.05 Å². The molecule has 58 heavy (non-hydrogen) atoms. The summed E-state index contributed by atoms with van der Waals surface area (Å²) in [5, 5.41) is 0. The summed E-state index contributed by atoms with van der Waals surface area (Å²) in [6.07, 6.45) is 0. The van der Waals surface area contributed by atoms with Crippen LogP contribution in [-0.2, 0) is 7.05 Å². The van der Waals surface area contributed by atoms with Gasteiger partial charge in [0.1, 0.15) is 11.4 Å². The fourth-order valence-electron chi connectivity index (χ4n) is 5.73. The molecule has 0 spiro atoms. The smallest absolute Gasteiger partial charge is 0.278 e. The maximum Gasteiger partial charge on any atom is 0.337 e. The van der Waals surface area contributed by atoms with Crippen molar-refractivity contribution >= 4 is 45.8 Å². The van der Waals surface area contributed by atoms with E-state index in [2.05, 4.69) is 41.2 Å². The monoisotopic (exact) mass is 820 g/mol. The summed E-state index contributed by atoms with van der Waals surface area (Å²) in [7, 11) is 1.34. The largest absolute Gasteiger partial charge is 0.337 e. The molecule has 0 saturated heterocycles. The maximum absolute atomic E-state index is 14.9. The number of hydrogen-bond acceptors (Lipinski definition) is 10. The van der Waals surface area contributed by atoms with E-state index >= 15 is 0 Å². The van der Waals surface area contributed by atoms with E-state index in [0.29, 0.717) is 20.3 Å². The molecule has 4 aromatic carbocycles. The van der Waals surface area contributed by atoms with Gasteiger partial charge in [0.25, 0.3) is 11.1 Å². The summed E-state index contributed by atoms with van der Waals surface area (Å²) >= 11 is 1.48. The van der Waals surface area contributed by atoms with Gasteiger partial charge in [-0.2, -0.15) is 17.5 Å². The molecule has 18 heteroatoms. The van der Waals surface area contributed by atoms with Crippen molar-refractivity contribution in [2.75, 3.05) is 0 Å². The Labute approximate surface area is 332 Å². The second kappa shape index (κ2) is 16.1. The summed E-state index contributed by atoms with van der Waals surface area (Å²) in [4.78, 5) is 50.8. The van der Waals surface area contributed by atoms with Gasteiger partial charge in [0.2, 0.25) is 0 Å². The molecule has 4 aromatic heterocycles. The molecule has 0 aliphatic heterocycles. The lowest BCUT2D eigenvalue weighted by atomic mass is 10.1. The van der Waals surface area contributed by atoms with E-state index in [4.69, 9.17) is 0 Å². The molecular formula is C40H24F4N8O4S2. The molecule has 4 heterocycles. The Hall–Kier alpha value is -7.28. The highest BCUT2D eigenvalue weighted by Crippen LogP contribution is 2.21. The lowest BCUT2D eigenvalue weighted by Crippen LogP contribution is -2.40. The highest BCUT2D eigenvalue weighted by Gasteiger charge is 2.24. The van der Waals surface area contributed by atoms with Crippen LogP contribution >= 0.6 is 23.5 Å². The molecular weight excluding hydrogens is 797 g/mol. The normalized spacial score (nSPS) is 10.8. The Morgan fingerprint density at radius 2 is 0.914 bits per heavy atom. The molecule has 0 fully saturated rings. The minimum Gasteiger partial charge on any atom is -0.278 e. The average Bonchev–Trinajstić information content (AvgIpc) is 3.90. The first-order chi connectivity index (χ1) is 27.8. The quantitative estimate of drug-likeness (QED) is 0.169. The number of nitrogens with zero attached hydrogens (tertiary/aromatic N) is 8. The predicted octanol–water partition coefficient (Wildman–Crippen LogP) is 5.48. The van der Waals surface area contributed by atoms with Crippen LogP contribution in [-0.4, -0.2) is 35.8 Å². The van der Waals surface area contributed by atoms with E-state index in [1.807, 2.05) is 12.1 Å². The molecule has 0 N–H and O–H groups in total.